The van der Waals surface area contributed by atoms with Crippen LogP contribution in [0.2, 0.25) is 0 Å². The third-order valence-corrected chi connectivity index (χ3v) is 6.02. The number of aliphatic hydroxyl groups excluding tert-OH is 1. The standard InChI is InChI=1S/C26H23FN4O2/c27-21-8-6-19(7-9-21)25-23(16-31(29-25)22-4-2-1-3-5-22)26(33)30-15-20(24(32)17-30)14-18-10-12-28-13-11-18/h1-13,16,20,24,32H,14-15,17H2/t20-,24+/m1/s1. The Morgan fingerprint density at radius 2 is 1.73 bits per heavy atom. The lowest BCUT2D eigenvalue weighted by molar-refractivity contribution is 0.0765. The molecule has 3 heterocycles. The number of amides is 1. The van der Waals surface area contributed by atoms with Crippen molar-refractivity contribution >= 4 is 5.91 Å². The Morgan fingerprint density at radius 1 is 1.00 bits per heavy atom. The first-order valence-electron chi connectivity index (χ1n) is 10.9. The third kappa shape index (κ3) is 4.40. The molecule has 1 aliphatic heterocycles. The third-order valence-electron chi connectivity index (χ3n) is 6.02. The number of rotatable bonds is 5. The molecule has 0 saturated carbocycles. The highest BCUT2D eigenvalue weighted by atomic mass is 19.1. The lowest BCUT2D eigenvalue weighted by Crippen LogP contribution is -2.29. The molecule has 4 aromatic rings. The second-order valence-corrected chi connectivity index (χ2v) is 8.28. The molecule has 0 spiro atoms. The lowest BCUT2D eigenvalue weighted by atomic mass is 9.97. The maximum absolute atomic E-state index is 13.6. The number of carbonyl (C=O) groups is 1. The van der Waals surface area contributed by atoms with Crippen LogP contribution in [0.1, 0.15) is 15.9 Å². The van der Waals surface area contributed by atoms with Crippen LogP contribution in [0.25, 0.3) is 16.9 Å². The molecule has 0 unspecified atom stereocenters. The number of pyridine rings is 1. The van der Waals surface area contributed by atoms with Crippen molar-refractivity contribution in [2.24, 2.45) is 5.92 Å². The molecule has 1 amide bonds. The SMILES string of the molecule is O=C(c1cn(-c2ccccc2)nc1-c1ccc(F)cc1)N1C[C@@H](Cc2ccncc2)[C@@H](O)C1. The number of benzene rings is 2. The van der Waals surface area contributed by atoms with Crippen molar-refractivity contribution < 1.29 is 14.3 Å². The second kappa shape index (κ2) is 8.96. The van der Waals surface area contributed by atoms with Gasteiger partial charge < -0.3 is 10.0 Å². The molecule has 1 aliphatic rings. The number of halogens is 1. The second-order valence-electron chi connectivity index (χ2n) is 8.28. The van der Waals surface area contributed by atoms with E-state index in [0.29, 0.717) is 29.8 Å². The average Bonchev–Trinajstić information content (AvgIpc) is 3.45. The number of para-hydroxylation sites is 1. The van der Waals surface area contributed by atoms with Gasteiger partial charge in [0.2, 0.25) is 0 Å². The lowest BCUT2D eigenvalue weighted by Gasteiger charge is -2.16. The summed E-state index contributed by atoms with van der Waals surface area (Å²) in [5, 5.41) is 15.3. The predicted molar refractivity (Wildman–Crippen MR) is 122 cm³/mol. The number of carbonyl (C=O) groups excluding carboxylic acids is 1. The quantitative estimate of drug-likeness (QED) is 0.511. The van der Waals surface area contributed by atoms with Crippen LogP contribution in [-0.2, 0) is 6.42 Å². The first-order valence-corrected chi connectivity index (χ1v) is 10.9. The Morgan fingerprint density at radius 3 is 2.45 bits per heavy atom. The number of aliphatic hydroxyl groups is 1. The van der Waals surface area contributed by atoms with Crippen LogP contribution in [0.15, 0.2) is 85.3 Å². The van der Waals surface area contributed by atoms with E-state index in [1.54, 1.807) is 40.3 Å². The van der Waals surface area contributed by atoms with Crippen LogP contribution >= 0.6 is 0 Å². The molecule has 1 fully saturated rings. The van der Waals surface area contributed by atoms with E-state index in [1.807, 2.05) is 42.5 Å². The Bertz CT molecular complexity index is 1240. The summed E-state index contributed by atoms with van der Waals surface area (Å²) in [7, 11) is 0. The van der Waals surface area contributed by atoms with Gasteiger partial charge in [-0.25, -0.2) is 9.07 Å². The van der Waals surface area contributed by atoms with E-state index < -0.39 is 6.10 Å². The molecule has 33 heavy (non-hydrogen) atoms. The van der Waals surface area contributed by atoms with E-state index in [4.69, 9.17) is 0 Å². The Balaban J connectivity index is 1.45. The van der Waals surface area contributed by atoms with Gasteiger partial charge in [-0.05, 0) is 60.5 Å². The van der Waals surface area contributed by atoms with Gasteiger partial charge in [0.15, 0.2) is 0 Å². The molecule has 1 N–H and O–H groups in total. The van der Waals surface area contributed by atoms with Crippen molar-refractivity contribution in [3.63, 3.8) is 0 Å². The van der Waals surface area contributed by atoms with Crippen LogP contribution in [0, 0.1) is 11.7 Å². The zero-order chi connectivity index (χ0) is 22.8. The summed E-state index contributed by atoms with van der Waals surface area (Å²) in [5.74, 6) is -0.613. The van der Waals surface area contributed by atoms with Gasteiger partial charge in [0.05, 0.1) is 17.4 Å². The van der Waals surface area contributed by atoms with Crippen molar-refractivity contribution in [2.75, 3.05) is 13.1 Å². The molecule has 1 saturated heterocycles. The van der Waals surface area contributed by atoms with Crippen LogP contribution in [0.5, 0.6) is 0 Å². The van der Waals surface area contributed by atoms with Crippen molar-refractivity contribution in [2.45, 2.75) is 12.5 Å². The molecule has 2 aromatic heterocycles. The number of nitrogens with zero attached hydrogens (tertiary/aromatic N) is 4. The van der Waals surface area contributed by atoms with E-state index >= 15 is 0 Å². The minimum atomic E-state index is -0.611. The van der Waals surface area contributed by atoms with Crippen molar-refractivity contribution in [3.8, 4) is 16.9 Å². The summed E-state index contributed by atoms with van der Waals surface area (Å²) in [4.78, 5) is 19.3. The zero-order valence-electron chi connectivity index (χ0n) is 17.9. The molecule has 0 radical (unpaired) electrons. The van der Waals surface area contributed by atoms with Crippen LogP contribution < -0.4 is 0 Å². The Hall–Kier alpha value is -3.84. The molecule has 0 aliphatic carbocycles. The monoisotopic (exact) mass is 442 g/mol. The summed E-state index contributed by atoms with van der Waals surface area (Å²) < 4.78 is 15.2. The molecule has 7 heteroatoms. The van der Waals surface area contributed by atoms with Gasteiger partial charge in [0, 0.05) is 43.2 Å². The van der Waals surface area contributed by atoms with Gasteiger partial charge in [-0.1, -0.05) is 18.2 Å². The Labute approximate surface area is 190 Å². The van der Waals surface area contributed by atoms with E-state index in [1.165, 1.54) is 12.1 Å². The summed E-state index contributed by atoms with van der Waals surface area (Å²) in [6, 6.07) is 19.3. The molecule has 0 bridgehead atoms. The minimum absolute atomic E-state index is 0.0604. The summed E-state index contributed by atoms with van der Waals surface area (Å²) >= 11 is 0. The fourth-order valence-electron chi connectivity index (χ4n) is 4.28. The number of hydrogen-bond acceptors (Lipinski definition) is 4. The van der Waals surface area contributed by atoms with Crippen LogP contribution in [0.3, 0.4) is 0 Å². The van der Waals surface area contributed by atoms with E-state index in [0.717, 1.165) is 11.3 Å². The van der Waals surface area contributed by atoms with Crippen LogP contribution in [-0.4, -0.2) is 49.9 Å². The smallest absolute Gasteiger partial charge is 0.257 e. The first-order chi connectivity index (χ1) is 16.1. The van der Waals surface area contributed by atoms with Gasteiger partial charge >= 0.3 is 0 Å². The van der Waals surface area contributed by atoms with Crippen LogP contribution in [0.4, 0.5) is 4.39 Å². The Kier molecular flexibility index (Phi) is 5.71. The van der Waals surface area contributed by atoms with Gasteiger partial charge in [-0.2, -0.15) is 5.10 Å². The number of aromatic nitrogens is 3. The van der Waals surface area contributed by atoms with Crippen molar-refractivity contribution in [3.05, 3.63) is 102 Å². The molecular weight excluding hydrogens is 419 g/mol. The maximum atomic E-state index is 13.6. The largest absolute Gasteiger partial charge is 0.391 e. The van der Waals surface area contributed by atoms with Gasteiger partial charge in [0.25, 0.3) is 5.91 Å². The maximum Gasteiger partial charge on any atom is 0.257 e. The molecular formula is C26H23FN4O2. The number of hydrogen-bond donors (Lipinski definition) is 1. The van der Waals surface area contributed by atoms with E-state index in [9.17, 15) is 14.3 Å². The summed E-state index contributed by atoms with van der Waals surface area (Å²) in [6.45, 7) is 0.704. The summed E-state index contributed by atoms with van der Waals surface area (Å²) in [6.07, 6.45) is 5.22. The fourth-order valence-corrected chi connectivity index (χ4v) is 4.28. The van der Waals surface area contributed by atoms with Gasteiger partial charge in [-0.3, -0.25) is 9.78 Å². The topological polar surface area (TPSA) is 71.2 Å². The highest BCUT2D eigenvalue weighted by molar-refractivity contribution is 6.00. The zero-order valence-corrected chi connectivity index (χ0v) is 17.9. The van der Waals surface area contributed by atoms with Gasteiger partial charge in [-0.15, -0.1) is 0 Å². The highest BCUT2D eigenvalue weighted by Gasteiger charge is 2.36. The molecule has 6 nitrogen and oxygen atoms in total. The fraction of sp³-hybridized carbons (Fsp3) is 0.192. The normalized spacial score (nSPS) is 17.9. The highest BCUT2D eigenvalue weighted by Crippen LogP contribution is 2.28. The summed E-state index contributed by atoms with van der Waals surface area (Å²) in [5.41, 5.74) is 3.45. The molecule has 5 rings (SSSR count). The minimum Gasteiger partial charge on any atom is -0.391 e. The predicted octanol–water partition coefficient (Wildman–Crippen LogP) is 3.75. The number of likely N-dealkylation sites (tertiary alicyclic amines) is 1. The molecule has 2 atom stereocenters. The van der Waals surface area contributed by atoms with E-state index in [2.05, 4.69) is 10.1 Å². The number of β-amino-alcohol motifs (C(OH)–C–C–N with tert-alkyl or cyclic N) is 1. The van der Waals surface area contributed by atoms with Gasteiger partial charge in [0.1, 0.15) is 11.5 Å². The molecule has 2 aromatic carbocycles. The first kappa shape index (κ1) is 21.0. The van der Waals surface area contributed by atoms with Crippen molar-refractivity contribution in [1.29, 1.82) is 0 Å². The molecule has 166 valence electrons. The van der Waals surface area contributed by atoms with E-state index in [-0.39, 0.29) is 24.2 Å². The van der Waals surface area contributed by atoms with Crippen molar-refractivity contribution in [1.82, 2.24) is 19.7 Å². The average molecular weight is 442 g/mol.